The van der Waals surface area contributed by atoms with Crippen LogP contribution >= 0.6 is 0 Å². The van der Waals surface area contributed by atoms with Gasteiger partial charge >= 0.3 is 12.4 Å². The Hall–Kier alpha value is -2.34. The second kappa shape index (κ2) is 10.8. The van der Waals surface area contributed by atoms with E-state index in [1.807, 2.05) is 7.05 Å². The van der Waals surface area contributed by atoms with E-state index >= 15 is 0 Å². The fourth-order valence-corrected chi connectivity index (χ4v) is 3.32. The van der Waals surface area contributed by atoms with E-state index in [0.717, 1.165) is 32.0 Å². The lowest BCUT2D eigenvalue weighted by Gasteiger charge is -2.28. The Morgan fingerprint density at radius 2 is 1.71 bits per heavy atom. The number of hydrogen-bond donors (Lipinski definition) is 2. The van der Waals surface area contributed by atoms with Gasteiger partial charge in [-0.05, 0) is 57.2 Å². The number of anilines is 2. The number of ether oxygens (including phenoxy) is 1. The number of alkyl halides is 3. The number of hydrogen-bond acceptors (Lipinski definition) is 4. The van der Waals surface area contributed by atoms with Crippen LogP contribution in [-0.4, -0.2) is 43.2 Å². The molecule has 0 aromatic heterocycles. The van der Waals surface area contributed by atoms with Crippen LogP contribution in [0.2, 0.25) is 0 Å². The lowest BCUT2D eigenvalue weighted by atomic mass is 9.89. The Morgan fingerprint density at radius 1 is 1.03 bits per heavy atom. The number of para-hydroxylation sites is 2. The highest BCUT2D eigenvalue weighted by Gasteiger charge is 2.32. The maximum absolute atomic E-state index is 12.7. The lowest BCUT2D eigenvalue weighted by molar-refractivity contribution is -0.274. The number of carbonyl (C=O) groups is 2. The van der Waals surface area contributed by atoms with Gasteiger partial charge < -0.3 is 44.2 Å². The molecule has 1 aliphatic rings. The summed E-state index contributed by atoms with van der Waals surface area (Å²) in [5, 5.41) is 4.87. The van der Waals surface area contributed by atoms with Crippen LogP contribution in [-0.2, 0) is 0 Å². The zero-order valence-corrected chi connectivity index (χ0v) is 18.9. The van der Waals surface area contributed by atoms with E-state index in [2.05, 4.69) is 20.3 Å². The molecule has 1 fully saturated rings. The third kappa shape index (κ3) is 7.39. The third-order valence-corrected chi connectivity index (χ3v) is 4.86. The summed E-state index contributed by atoms with van der Waals surface area (Å²) in [6.07, 6.45) is -3.32. The SMILES string of the molecule is CN1CCC(C(=O)c2cccc(NC(=O)Nc3ccccc3OC(F)(F)F)c2)CC1.[I-]. The van der Waals surface area contributed by atoms with Crippen LogP contribution in [0.4, 0.5) is 29.3 Å². The van der Waals surface area contributed by atoms with Crippen molar-refractivity contribution in [3.05, 3.63) is 54.1 Å². The van der Waals surface area contributed by atoms with Crippen molar-refractivity contribution in [2.75, 3.05) is 30.8 Å². The van der Waals surface area contributed by atoms with Crippen molar-refractivity contribution in [1.29, 1.82) is 0 Å². The van der Waals surface area contributed by atoms with Crippen molar-refractivity contribution < 1.29 is 51.5 Å². The molecule has 0 atom stereocenters. The van der Waals surface area contributed by atoms with E-state index in [1.165, 1.54) is 18.2 Å². The zero-order chi connectivity index (χ0) is 21.7. The average molecular weight is 548 g/mol. The van der Waals surface area contributed by atoms with E-state index in [1.54, 1.807) is 24.3 Å². The molecule has 1 aliphatic heterocycles. The first-order valence-electron chi connectivity index (χ1n) is 9.47. The molecule has 0 unspecified atom stereocenters. The molecule has 2 N–H and O–H groups in total. The number of ketones is 1. The Bertz CT molecular complexity index is 916. The van der Waals surface area contributed by atoms with Gasteiger partial charge in [0.2, 0.25) is 0 Å². The molecule has 3 rings (SSSR count). The van der Waals surface area contributed by atoms with E-state index in [9.17, 15) is 22.8 Å². The van der Waals surface area contributed by atoms with Crippen molar-refractivity contribution in [3.63, 3.8) is 0 Å². The molecule has 0 saturated carbocycles. The first-order valence-corrected chi connectivity index (χ1v) is 9.47. The third-order valence-electron chi connectivity index (χ3n) is 4.86. The number of Topliss-reactive ketones (excluding diaryl/α,β-unsaturated/α-hetero) is 1. The van der Waals surface area contributed by atoms with Crippen LogP contribution in [0.1, 0.15) is 23.2 Å². The number of nitrogens with one attached hydrogen (secondary N) is 2. The zero-order valence-electron chi connectivity index (χ0n) is 16.7. The number of carbonyl (C=O) groups excluding carboxylic acids is 2. The van der Waals surface area contributed by atoms with Crippen LogP contribution < -0.4 is 39.3 Å². The Morgan fingerprint density at radius 3 is 2.39 bits per heavy atom. The number of rotatable bonds is 5. The summed E-state index contributed by atoms with van der Waals surface area (Å²) in [5.41, 5.74) is 0.717. The largest absolute Gasteiger partial charge is 1.00 e. The molecule has 6 nitrogen and oxygen atoms in total. The summed E-state index contributed by atoms with van der Waals surface area (Å²) in [4.78, 5) is 27.2. The minimum Gasteiger partial charge on any atom is -1.00 e. The number of halogens is 4. The first kappa shape index (κ1) is 24.9. The molecule has 0 spiro atoms. The summed E-state index contributed by atoms with van der Waals surface area (Å²) in [6, 6.07) is 11.0. The van der Waals surface area contributed by atoms with Gasteiger partial charge in [0.05, 0.1) is 5.69 Å². The summed E-state index contributed by atoms with van der Waals surface area (Å²) in [6.45, 7) is 1.71. The predicted molar refractivity (Wildman–Crippen MR) is 107 cm³/mol. The molecule has 1 heterocycles. The molecule has 31 heavy (non-hydrogen) atoms. The number of urea groups is 1. The quantitative estimate of drug-likeness (QED) is 0.442. The maximum Gasteiger partial charge on any atom is 0.573 e. The highest BCUT2D eigenvalue weighted by Crippen LogP contribution is 2.30. The normalized spacial score (nSPS) is 15.0. The number of piperidine rings is 1. The minimum absolute atomic E-state index is 0. The fraction of sp³-hybridized carbons (Fsp3) is 0.333. The van der Waals surface area contributed by atoms with Crippen molar-refractivity contribution in [3.8, 4) is 5.75 Å². The van der Waals surface area contributed by atoms with Crippen molar-refractivity contribution in [1.82, 2.24) is 4.90 Å². The molecule has 0 aliphatic carbocycles. The van der Waals surface area contributed by atoms with E-state index < -0.39 is 18.1 Å². The van der Waals surface area contributed by atoms with Crippen LogP contribution in [0.25, 0.3) is 0 Å². The summed E-state index contributed by atoms with van der Waals surface area (Å²) < 4.78 is 41.5. The Labute approximate surface area is 195 Å². The van der Waals surface area contributed by atoms with Crippen molar-refractivity contribution in [2.45, 2.75) is 19.2 Å². The summed E-state index contributed by atoms with van der Waals surface area (Å²) >= 11 is 0. The van der Waals surface area contributed by atoms with Gasteiger partial charge in [-0.1, -0.05) is 24.3 Å². The van der Waals surface area contributed by atoms with E-state index in [0.29, 0.717) is 11.3 Å². The van der Waals surface area contributed by atoms with E-state index in [-0.39, 0.29) is 41.4 Å². The van der Waals surface area contributed by atoms with Crippen LogP contribution in [0.5, 0.6) is 5.75 Å². The van der Waals surface area contributed by atoms with Gasteiger partial charge in [0.25, 0.3) is 0 Å². The Balaban J connectivity index is 0.00000341. The molecule has 2 amide bonds. The van der Waals surface area contributed by atoms with Gasteiger partial charge in [-0.2, -0.15) is 0 Å². The molecular weight excluding hydrogens is 526 g/mol. The second-order valence-electron chi connectivity index (χ2n) is 7.15. The van der Waals surface area contributed by atoms with Crippen LogP contribution in [0.3, 0.4) is 0 Å². The lowest BCUT2D eigenvalue weighted by Crippen LogP contribution is -3.00. The molecule has 2 aromatic carbocycles. The van der Waals surface area contributed by atoms with Gasteiger partial charge in [-0.25, -0.2) is 4.79 Å². The standard InChI is InChI=1S/C21H22F3N3O3.HI/c1-27-11-9-14(10-12-27)19(28)15-5-4-6-16(13-15)25-20(29)26-17-7-2-3-8-18(17)30-21(22,23)24;/h2-8,13-14H,9-12H2,1H3,(H2,25,26,29);1H/p-1. The van der Waals surface area contributed by atoms with Crippen LogP contribution in [0, 0.1) is 5.92 Å². The molecular formula is C21H22F3IN3O3-. The fourth-order valence-electron chi connectivity index (χ4n) is 3.32. The first-order chi connectivity index (χ1) is 14.2. The van der Waals surface area contributed by atoms with Gasteiger partial charge in [0, 0.05) is 17.2 Å². The van der Waals surface area contributed by atoms with Gasteiger partial charge in [-0.3, -0.25) is 4.79 Å². The number of amides is 2. The van der Waals surface area contributed by atoms with Gasteiger partial charge in [0.15, 0.2) is 11.5 Å². The topological polar surface area (TPSA) is 70.7 Å². The minimum atomic E-state index is -4.88. The van der Waals surface area contributed by atoms with Crippen molar-refractivity contribution >= 4 is 23.2 Å². The average Bonchev–Trinajstić information content (AvgIpc) is 2.68. The predicted octanol–water partition coefficient (Wildman–Crippen LogP) is 1.76. The number of nitrogens with zero attached hydrogens (tertiary/aromatic N) is 1. The maximum atomic E-state index is 12.7. The highest BCUT2D eigenvalue weighted by atomic mass is 127. The van der Waals surface area contributed by atoms with Crippen molar-refractivity contribution in [2.24, 2.45) is 5.92 Å². The molecule has 1 saturated heterocycles. The molecule has 0 radical (unpaired) electrons. The van der Waals surface area contributed by atoms with Gasteiger partial charge in [-0.15, -0.1) is 13.2 Å². The highest BCUT2D eigenvalue weighted by molar-refractivity contribution is 6.03. The molecule has 2 aromatic rings. The molecule has 0 bridgehead atoms. The number of likely N-dealkylation sites (tertiary alicyclic amines) is 1. The summed E-state index contributed by atoms with van der Waals surface area (Å²) in [5.74, 6) is -0.556. The monoisotopic (exact) mass is 548 g/mol. The molecule has 10 heteroatoms. The van der Waals surface area contributed by atoms with E-state index in [4.69, 9.17) is 0 Å². The molecule has 168 valence electrons. The Kier molecular flexibility index (Phi) is 8.69. The van der Waals surface area contributed by atoms with Gasteiger partial charge in [0.1, 0.15) is 0 Å². The number of benzene rings is 2. The summed E-state index contributed by atoms with van der Waals surface area (Å²) in [7, 11) is 2.02. The second-order valence-corrected chi connectivity index (χ2v) is 7.15. The smallest absolute Gasteiger partial charge is 0.573 e. The van der Waals surface area contributed by atoms with Crippen LogP contribution in [0.15, 0.2) is 48.5 Å².